The summed E-state index contributed by atoms with van der Waals surface area (Å²) in [7, 11) is 2.28. The molecule has 3 aliphatic heterocycles. The third kappa shape index (κ3) is 1.51. The molecule has 0 bridgehead atoms. The van der Waals surface area contributed by atoms with Gasteiger partial charge in [0.1, 0.15) is 0 Å². The van der Waals surface area contributed by atoms with E-state index in [0.717, 1.165) is 11.8 Å². The first-order valence-electron chi connectivity index (χ1n) is 7.38. The van der Waals surface area contributed by atoms with Crippen LogP contribution in [0, 0.1) is 5.92 Å². The highest BCUT2D eigenvalue weighted by molar-refractivity contribution is 5.64. The molecular weight excluding hydrogens is 220 g/mol. The van der Waals surface area contributed by atoms with Gasteiger partial charge in [-0.1, -0.05) is 18.2 Å². The lowest BCUT2D eigenvalue weighted by molar-refractivity contribution is 0.180. The number of hydrogen-bond acceptors (Lipinski definition) is 2. The minimum Gasteiger partial charge on any atom is -0.371 e. The van der Waals surface area contributed by atoms with Crippen molar-refractivity contribution in [1.29, 1.82) is 0 Å². The standard InChI is InChI=1S/C16H22N2/c1-17-9-7-14-13(10-17)11-18-8-3-5-12-4-2-6-15(14)16(12)18/h2,4,6,13-14H,3,5,7-11H2,1H3. The number of hydrogen-bond donors (Lipinski definition) is 0. The van der Waals surface area contributed by atoms with Crippen molar-refractivity contribution in [3.8, 4) is 0 Å². The Morgan fingerprint density at radius 2 is 2.11 bits per heavy atom. The van der Waals surface area contributed by atoms with Gasteiger partial charge in [-0.3, -0.25) is 0 Å². The number of benzene rings is 1. The van der Waals surface area contributed by atoms with Crippen LogP contribution >= 0.6 is 0 Å². The first kappa shape index (κ1) is 10.9. The maximum absolute atomic E-state index is 2.68. The van der Waals surface area contributed by atoms with Crippen LogP contribution in [0.4, 0.5) is 5.69 Å². The third-order valence-electron chi connectivity index (χ3n) is 5.13. The first-order chi connectivity index (χ1) is 8.83. The number of anilines is 1. The Morgan fingerprint density at radius 1 is 1.17 bits per heavy atom. The van der Waals surface area contributed by atoms with Gasteiger partial charge < -0.3 is 9.80 Å². The third-order valence-corrected chi connectivity index (χ3v) is 5.13. The maximum Gasteiger partial charge on any atom is 0.0434 e. The second kappa shape index (κ2) is 3.99. The molecule has 0 spiro atoms. The zero-order chi connectivity index (χ0) is 12.1. The van der Waals surface area contributed by atoms with Gasteiger partial charge in [0.25, 0.3) is 0 Å². The van der Waals surface area contributed by atoms with Crippen LogP contribution in [0.15, 0.2) is 18.2 Å². The van der Waals surface area contributed by atoms with Crippen LogP contribution < -0.4 is 4.90 Å². The van der Waals surface area contributed by atoms with Gasteiger partial charge in [-0.15, -0.1) is 0 Å². The molecule has 0 aromatic heterocycles. The normalized spacial score (nSPS) is 30.8. The number of likely N-dealkylation sites (tertiary alicyclic amines) is 1. The summed E-state index contributed by atoms with van der Waals surface area (Å²) in [5.74, 6) is 1.68. The van der Waals surface area contributed by atoms with E-state index >= 15 is 0 Å². The van der Waals surface area contributed by atoms with Crippen LogP contribution in [0.25, 0.3) is 0 Å². The van der Waals surface area contributed by atoms with Crippen molar-refractivity contribution in [2.45, 2.75) is 25.2 Å². The van der Waals surface area contributed by atoms with Crippen molar-refractivity contribution in [1.82, 2.24) is 4.90 Å². The Labute approximate surface area is 110 Å². The summed E-state index contributed by atoms with van der Waals surface area (Å²) >= 11 is 0. The monoisotopic (exact) mass is 242 g/mol. The molecule has 0 radical (unpaired) electrons. The van der Waals surface area contributed by atoms with Gasteiger partial charge in [-0.25, -0.2) is 0 Å². The van der Waals surface area contributed by atoms with E-state index in [1.165, 1.54) is 45.4 Å². The molecular formula is C16H22N2. The van der Waals surface area contributed by atoms with E-state index in [1.807, 2.05) is 0 Å². The van der Waals surface area contributed by atoms with E-state index in [9.17, 15) is 0 Å². The molecule has 0 saturated carbocycles. The molecule has 2 heteroatoms. The molecule has 2 nitrogen and oxygen atoms in total. The van der Waals surface area contributed by atoms with Gasteiger partial charge in [0, 0.05) is 25.3 Å². The number of para-hydroxylation sites is 1. The summed E-state index contributed by atoms with van der Waals surface area (Å²) < 4.78 is 0. The van der Waals surface area contributed by atoms with Crippen LogP contribution in [0.5, 0.6) is 0 Å². The Balaban J connectivity index is 1.80. The Hall–Kier alpha value is -1.02. The smallest absolute Gasteiger partial charge is 0.0434 e. The van der Waals surface area contributed by atoms with Gasteiger partial charge in [0.2, 0.25) is 0 Å². The summed E-state index contributed by atoms with van der Waals surface area (Å²) in [6, 6.07) is 7.04. The lowest BCUT2D eigenvalue weighted by atomic mass is 9.75. The van der Waals surface area contributed by atoms with Crippen LogP contribution in [0.3, 0.4) is 0 Å². The molecule has 1 aromatic carbocycles. The molecule has 0 N–H and O–H groups in total. The van der Waals surface area contributed by atoms with Gasteiger partial charge in [-0.05, 0) is 55.8 Å². The highest BCUT2D eigenvalue weighted by Crippen LogP contribution is 2.45. The lowest BCUT2D eigenvalue weighted by Crippen LogP contribution is -2.48. The quantitative estimate of drug-likeness (QED) is 0.689. The zero-order valence-electron chi connectivity index (χ0n) is 11.2. The fourth-order valence-electron chi connectivity index (χ4n) is 4.34. The van der Waals surface area contributed by atoms with Crippen molar-refractivity contribution in [2.24, 2.45) is 5.92 Å². The van der Waals surface area contributed by atoms with E-state index in [2.05, 4.69) is 35.0 Å². The van der Waals surface area contributed by atoms with E-state index in [0.29, 0.717) is 0 Å². The number of rotatable bonds is 0. The second-order valence-corrected chi connectivity index (χ2v) is 6.32. The molecule has 4 rings (SSSR count). The molecule has 2 unspecified atom stereocenters. The van der Waals surface area contributed by atoms with Crippen molar-refractivity contribution < 1.29 is 0 Å². The molecule has 1 saturated heterocycles. The van der Waals surface area contributed by atoms with Crippen LogP contribution in [-0.2, 0) is 6.42 Å². The average molecular weight is 242 g/mol. The summed E-state index contributed by atoms with van der Waals surface area (Å²) in [4.78, 5) is 5.19. The highest BCUT2D eigenvalue weighted by atomic mass is 15.2. The van der Waals surface area contributed by atoms with E-state index in [-0.39, 0.29) is 0 Å². The highest BCUT2D eigenvalue weighted by Gasteiger charge is 2.38. The Kier molecular flexibility index (Phi) is 2.41. The molecule has 1 fully saturated rings. The Bertz CT molecular complexity index is 468. The van der Waals surface area contributed by atoms with Gasteiger partial charge in [-0.2, -0.15) is 0 Å². The van der Waals surface area contributed by atoms with E-state index in [4.69, 9.17) is 0 Å². The molecule has 0 amide bonds. The summed E-state index contributed by atoms with van der Waals surface area (Å²) in [5, 5.41) is 0. The molecule has 3 aliphatic rings. The minimum absolute atomic E-state index is 0.825. The SMILES string of the molecule is CN1CCC2c3cccc4c3N(CCC4)CC2C1. The topological polar surface area (TPSA) is 6.48 Å². The molecule has 2 atom stereocenters. The van der Waals surface area contributed by atoms with Gasteiger partial charge in [0.05, 0.1) is 0 Å². The fraction of sp³-hybridized carbons (Fsp3) is 0.625. The molecule has 1 aromatic rings. The maximum atomic E-state index is 2.68. The Morgan fingerprint density at radius 3 is 3.06 bits per heavy atom. The summed E-state index contributed by atoms with van der Waals surface area (Å²) in [6.45, 7) is 5.12. The minimum atomic E-state index is 0.825. The molecule has 3 heterocycles. The summed E-state index contributed by atoms with van der Waals surface area (Å²) in [5.41, 5.74) is 4.89. The molecule has 96 valence electrons. The van der Waals surface area contributed by atoms with Crippen molar-refractivity contribution in [2.75, 3.05) is 38.1 Å². The molecule has 18 heavy (non-hydrogen) atoms. The average Bonchev–Trinajstić information content (AvgIpc) is 2.39. The van der Waals surface area contributed by atoms with E-state index < -0.39 is 0 Å². The van der Waals surface area contributed by atoms with Crippen molar-refractivity contribution >= 4 is 5.69 Å². The number of aryl methyl sites for hydroxylation is 1. The van der Waals surface area contributed by atoms with Crippen LogP contribution in [0.2, 0.25) is 0 Å². The van der Waals surface area contributed by atoms with Gasteiger partial charge >= 0.3 is 0 Å². The first-order valence-corrected chi connectivity index (χ1v) is 7.38. The van der Waals surface area contributed by atoms with Crippen LogP contribution in [-0.4, -0.2) is 38.1 Å². The summed E-state index contributed by atoms with van der Waals surface area (Å²) in [6.07, 6.45) is 3.98. The number of fused-ring (bicyclic) bond motifs is 2. The fourth-order valence-corrected chi connectivity index (χ4v) is 4.34. The number of piperidine rings is 1. The zero-order valence-corrected chi connectivity index (χ0v) is 11.2. The second-order valence-electron chi connectivity index (χ2n) is 6.32. The number of nitrogens with zero attached hydrogens (tertiary/aromatic N) is 2. The predicted octanol–water partition coefficient (Wildman–Crippen LogP) is 2.49. The van der Waals surface area contributed by atoms with Gasteiger partial charge in [0.15, 0.2) is 0 Å². The predicted molar refractivity (Wildman–Crippen MR) is 75.3 cm³/mol. The van der Waals surface area contributed by atoms with E-state index in [1.54, 1.807) is 16.8 Å². The lowest BCUT2D eigenvalue weighted by Gasteiger charge is -2.48. The van der Waals surface area contributed by atoms with Crippen LogP contribution in [0.1, 0.15) is 29.9 Å². The molecule has 0 aliphatic carbocycles. The van der Waals surface area contributed by atoms with Crippen molar-refractivity contribution in [3.63, 3.8) is 0 Å². The largest absolute Gasteiger partial charge is 0.371 e. The van der Waals surface area contributed by atoms with Crippen molar-refractivity contribution in [3.05, 3.63) is 29.3 Å².